The molecule has 0 aromatic heterocycles. The summed E-state index contributed by atoms with van der Waals surface area (Å²) in [6, 6.07) is 7.07. The van der Waals surface area contributed by atoms with Gasteiger partial charge in [0.15, 0.2) is 9.84 Å². The van der Waals surface area contributed by atoms with Crippen LogP contribution >= 0.6 is 0 Å². The monoisotopic (exact) mass is 282 g/mol. The lowest BCUT2D eigenvalue weighted by atomic mass is 10.0. The molecule has 1 aliphatic rings. The molecule has 0 radical (unpaired) electrons. The van der Waals surface area contributed by atoms with Crippen LogP contribution in [0.3, 0.4) is 0 Å². The molecule has 1 aromatic rings. The SMILES string of the molecule is Cc1cccc(NC(=O)N[C@]2(C)CCS(=O)(=O)C2)c1. The number of carbonyl (C=O) groups is 1. The van der Waals surface area contributed by atoms with Crippen molar-refractivity contribution in [3.8, 4) is 0 Å². The van der Waals surface area contributed by atoms with Crippen molar-refractivity contribution >= 4 is 21.6 Å². The summed E-state index contributed by atoms with van der Waals surface area (Å²) in [6.45, 7) is 3.70. The summed E-state index contributed by atoms with van der Waals surface area (Å²) in [6.07, 6.45) is 0.455. The average molecular weight is 282 g/mol. The van der Waals surface area contributed by atoms with Crippen molar-refractivity contribution in [3.05, 3.63) is 29.8 Å². The van der Waals surface area contributed by atoms with Gasteiger partial charge in [0.2, 0.25) is 0 Å². The number of hydrogen-bond acceptors (Lipinski definition) is 3. The molecule has 1 saturated heterocycles. The van der Waals surface area contributed by atoms with Gasteiger partial charge in [0.1, 0.15) is 0 Å². The maximum absolute atomic E-state index is 11.9. The molecule has 1 fully saturated rings. The molecule has 2 amide bonds. The van der Waals surface area contributed by atoms with Gasteiger partial charge in [0, 0.05) is 5.69 Å². The summed E-state index contributed by atoms with van der Waals surface area (Å²) in [7, 11) is -3.02. The number of amides is 2. The Bertz CT molecular complexity index is 598. The maximum Gasteiger partial charge on any atom is 0.319 e. The summed E-state index contributed by atoms with van der Waals surface area (Å²) in [5, 5.41) is 5.47. The highest BCUT2D eigenvalue weighted by Crippen LogP contribution is 2.23. The third-order valence-corrected chi connectivity index (χ3v) is 5.10. The van der Waals surface area contributed by atoms with Crippen LogP contribution in [0.25, 0.3) is 0 Å². The van der Waals surface area contributed by atoms with Crippen LogP contribution in [-0.2, 0) is 9.84 Å². The molecule has 0 unspecified atom stereocenters. The average Bonchev–Trinajstić information content (AvgIpc) is 2.52. The lowest BCUT2D eigenvalue weighted by Crippen LogP contribution is -2.48. The molecule has 2 rings (SSSR count). The van der Waals surface area contributed by atoms with Crippen molar-refractivity contribution in [3.63, 3.8) is 0 Å². The van der Waals surface area contributed by atoms with Gasteiger partial charge in [-0.15, -0.1) is 0 Å². The van der Waals surface area contributed by atoms with Gasteiger partial charge in [0.25, 0.3) is 0 Å². The number of benzene rings is 1. The van der Waals surface area contributed by atoms with Crippen molar-refractivity contribution in [1.82, 2.24) is 5.32 Å². The van der Waals surface area contributed by atoms with Crippen molar-refractivity contribution < 1.29 is 13.2 Å². The molecule has 2 N–H and O–H groups in total. The zero-order valence-electron chi connectivity index (χ0n) is 11.1. The minimum atomic E-state index is -3.02. The Balaban J connectivity index is 1.99. The minimum absolute atomic E-state index is 0.00123. The van der Waals surface area contributed by atoms with Crippen molar-refractivity contribution in [2.75, 3.05) is 16.8 Å². The smallest absolute Gasteiger partial charge is 0.319 e. The Morgan fingerprint density at radius 1 is 1.37 bits per heavy atom. The number of rotatable bonds is 2. The van der Waals surface area contributed by atoms with Gasteiger partial charge < -0.3 is 10.6 Å². The van der Waals surface area contributed by atoms with E-state index in [0.29, 0.717) is 12.1 Å². The van der Waals surface area contributed by atoms with E-state index in [1.54, 1.807) is 13.0 Å². The summed E-state index contributed by atoms with van der Waals surface area (Å²) >= 11 is 0. The van der Waals surface area contributed by atoms with Gasteiger partial charge in [0.05, 0.1) is 17.0 Å². The van der Waals surface area contributed by atoms with Crippen LogP contribution in [0.1, 0.15) is 18.9 Å². The second kappa shape index (κ2) is 4.85. The van der Waals surface area contributed by atoms with Gasteiger partial charge in [-0.05, 0) is 38.0 Å². The molecule has 1 aromatic carbocycles. The Labute approximate surface area is 113 Å². The lowest BCUT2D eigenvalue weighted by molar-refractivity contribution is 0.242. The van der Waals surface area contributed by atoms with E-state index in [4.69, 9.17) is 0 Å². The highest BCUT2D eigenvalue weighted by Gasteiger charge is 2.39. The van der Waals surface area contributed by atoms with E-state index < -0.39 is 15.4 Å². The normalized spacial score (nSPS) is 24.9. The predicted octanol–water partition coefficient (Wildman–Crippen LogP) is 1.69. The van der Waals surface area contributed by atoms with E-state index >= 15 is 0 Å². The third kappa shape index (κ3) is 3.70. The molecule has 0 spiro atoms. The van der Waals surface area contributed by atoms with Crippen molar-refractivity contribution in [2.45, 2.75) is 25.8 Å². The van der Waals surface area contributed by atoms with Gasteiger partial charge in [-0.1, -0.05) is 12.1 Å². The first-order chi connectivity index (χ1) is 8.78. The fourth-order valence-electron chi connectivity index (χ4n) is 2.27. The van der Waals surface area contributed by atoms with Gasteiger partial charge in [-0.25, -0.2) is 13.2 Å². The second-order valence-electron chi connectivity index (χ2n) is 5.35. The van der Waals surface area contributed by atoms with Crippen molar-refractivity contribution in [1.29, 1.82) is 0 Å². The Hall–Kier alpha value is -1.56. The number of urea groups is 1. The van der Waals surface area contributed by atoms with Gasteiger partial charge >= 0.3 is 6.03 Å². The van der Waals surface area contributed by atoms with Crippen LogP contribution in [0.5, 0.6) is 0 Å². The van der Waals surface area contributed by atoms with Crippen LogP contribution in [0, 0.1) is 6.92 Å². The first kappa shape index (κ1) is 13.9. The first-order valence-corrected chi connectivity index (χ1v) is 7.96. The molecular formula is C13H18N2O3S. The minimum Gasteiger partial charge on any atom is -0.332 e. The van der Waals surface area contributed by atoms with E-state index in [-0.39, 0.29) is 17.5 Å². The second-order valence-corrected chi connectivity index (χ2v) is 7.54. The molecular weight excluding hydrogens is 264 g/mol. The molecule has 0 saturated carbocycles. The first-order valence-electron chi connectivity index (χ1n) is 6.14. The number of carbonyl (C=O) groups excluding carboxylic acids is 1. The molecule has 104 valence electrons. The van der Waals surface area contributed by atoms with Gasteiger partial charge in [-0.3, -0.25) is 0 Å². The van der Waals surface area contributed by atoms with E-state index in [1.165, 1.54) is 0 Å². The maximum atomic E-state index is 11.9. The number of hydrogen-bond donors (Lipinski definition) is 2. The highest BCUT2D eigenvalue weighted by atomic mass is 32.2. The molecule has 5 nitrogen and oxygen atoms in total. The van der Waals surface area contributed by atoms with Crippen LogP contribution in [0.4, 0.5) is 10.5 Å². The molecule has 1 aliphatic heterocycles. The molecule has 19 heavy (non-hydrogen) atoms. The van der Waals surface area contributed by atoms with Crippen LogP contribution in [-0.4, -0.2) is 31.5 Å². The number of nitrogens with one attached hydrogen (secondary N) is 2. The van der Waals surface area contributed by atoms with Crippen LogP contribution < -0.4 is 10.6 Å². The summed E-state index contributed by atoms with van der Waals surface area (Å²) in [5.41, 5.74) is 1.07. The molecule has 1 atom stereocenters. The zero-order valence-corrected chi connectivity index (χ0v) is 11.9. The van der Waals surface area contributed by atoms with Crippen molar-refractivity contribution in [2.24, 2.45) is 0 Å². The largest absolute Gasteiger partial charge is 0.332 e. The number of aryl methyl sites for hydroxylation is 1. The fourth-order valence-corrected chi connectivity index (χ4v) is 4.36. The van der Waals surface area contributed by atoms with Crippen LogP contribution in [0.2, 0.25) is 0 Å². The number of anilines is 1. The third-order valence-electron chi connectivity index (χ3n) is 3.19. The Kier molecular flexibility index (Phi) is 3.54. The highest BCUT2D eigenvalue weighted by molar-refractivity contribution is 7.91. The molecule has 0 bridgehead atoms. The van der Waals surface area contributed by atoms with E-state index in [2.05, 4.69) is 10.6 Å². The van der Waals surface area contributed by atoms with Crippen LogP contribution in [0.15, 0.2) is 24.3 Å². The number of sulfone groups is 1. The van der Waals surface area contributed by atoms with E-state index in [9.17, 15) is 13.2 Å². The summed E-state index contributed by atoms with van der Waals surface area (Å²) < 4.78 is 22.9. The quantitative estimate of drug-likeness (QED) is 0.867. The zero-order chi connectivity index (χ0) is 14.1. The lowest BCUT2D eigenvalue weighted by Gasteiger charge is -2.24. The molecule has 0 aliphatic carbocycles. The topological polar surface area (TPSA) is 75.3 Å². The molecule has 6 heteroatoms. The Morgan fingerprint density at radius 2 is 2.11 bits per heavy atom. The predicted molar refractivity (Wildman–Crippen MR) is 75.0 cm³/mol. The van der Waals surface area contributed by atoms with Gasteiger partial charge in [-0.2, -0.15) is 0 Å². The molecule has 1 heterocycles. The Morgan fingerprint density at radius 3 is 2.68 bits per heavy atom. The van der Waals surface area contributed by atoms with E-state index in [1.807, 2.05) is 25.1 Å². The fraction of sp³-hybridized carbons (Fsp3) is 0.462. The summed E-state index contributed by atoms with van der Waals surface area (Å²) in [4.78, 5) is 11.9. The standard InChI is InChI=1S/C13H18N2O3S/c1-10-4-3-5-11(8-10)14-12(16)15-13(2)6-7-19(17,18)9-13/h3-5,8H,6-7,9H2,1-2H3,(H2,14,15,16)/t13-/m1/s1. The summed E-state index contributed by atoms with van der Waals surface area (Å²) in [5.74, 6) is 0.134. The van der Waals surface area contributed by atoms with E-state index in [0.717, 1.165) is 5.56 Å².